The maximum Gasteiger partial charge on any atom is 0.325 e. The van der Waals surface area contributed by atoms with Gasteiger partial charge in [-0.15, -0.1) is 0 Å². The van der Waals surface area contributed by atoms with Crippen molar-refractivity contribution in [2.75, 3.05) is 24.2 Å². The van der Waals surface area contributed by atoms with Gasteiger partial charge in [0.1, 0.15) is 6.54 Å². The predicted octanol–water partition coefficient (Wildman–Crippen LogP) is 0.480. The Kier molecular flexibility index (Phi) is 3.65. The number of nitrogen functional groups attached to an aromatic ring is 1. The molecule has 2 aromatic rings. The SMILES string of the molecule is CCOC(=O)CNc1cc2nc[nH]c(=O)c2cc1N. The molecule has 1 aromatic carbocycles. The van der Waals surface area contributed by atoms with Gasteiger partial charge in [0.25, 0.3) is 5.56 Å². The molecule has 0 spiro atoms. The summed E-state index contributed by atoms with van der Waals surface area (Å²) in [5, 5.41) is 3.26. The fourth-order valence-electron chi connectivity index (χ4n) is 1.66. The summed E-state index contributed by atoms with van der Waals surface area (Å²) in [6.07, 6.45) is 1.32. The zero-order valence-electron chi connectivity index (χ0n) is 10.4. The van der Waals surface area contributed by atoms with Crippen molar-refractivity contribution in [1.29, 1.82) is 0 Å². The number of ether oxygens (including phenoxy) is 1. The van der Waals surface area contributed by atoms with Crippen molar-refractivity contribution in [2.24, 2.45) is 0 Å². The molecular weight excluding hydrogens is 248 g/mol. The number of anilines is 2. The van der Waals surface area contributed by atoms with Crippen LogP contribution < -0.4 is 16.6 Å². The second-order valence-electron chi connectivity index (χ2n) is 3.85. The highest BCUT2D eigenvalue weighted by Gasteiger charge is 2.07. The van der Waals surface area contributed by atoms with Gasteiger partial charge >= 0.3 is 5.97 Å². The number of nitrogens with two attached hydrogens (primary N) is 1. The molecule has 1 aromatic heterocycles. The zero-order chi connectivity index (χ0) is 13.8. The quantitative estimate of drug-likeness (QED) is 0.546. The van der Waals surface area contributed by atoms with Gasteiger partial charge in [-0.2, -0.15) is 0 Å². The Hall–Kier alpha value is -2.57. The second-order valence-corrected chi connectivity index (χ2v) is 3.85. The molecule has 0 amide bonds. The highest BCUT2D eigenvalue weighted by Crippen LogP contribution is 2.22. The van der Waals surface area contributed by atoms with Crippen LogP contribution >= 0.6 is 0 Å². The third kappa shape index (κ3) is 2.82. The highest BCUT2D eigenvalue weighted by atomic mass is 16.5. The third-order valence-electron chi connectivity index (χ3n) is 2.54. The number of fused-ring (bicyclic) bond motifs is 1. The van der Waals surface area contributed by atoms with Crippen LogP contribution in [0.25, 0.3) is 10.9 Å². The first-order valence-electron chi connectivity index (χ1n) is 5.78. The van der Waals surface area contributed by atoms with E-state index in [1.165, 1.54) is 12.4 Å². The first kappa shape index (κ1) is 12.9. The van der Waals surface area contributed by atoms with E-state index in [4.69, 9.17) is 10.5 Å². The number of nitrogens with one attached hydrogen (secondary N) is 2. The van der Waals surface area contributed by atoms with E-state index < -0.39 is 0 Å². The van der Waals surface area contributed by atoms with Crippen LogP contribution in [0, 0.1) is 0 Å². The van der Waals surface area contributed by atoms with Crippen LogP contribution in [0.4, 0.5) is 11.4 Å². The Bertz CT molecular complexity index is 666. The molecule has 0 unspecified atom stereocenters. The summed E-state index contributed by atoms with van der Waals surface area (Å²) < 4.78 is 4.80. The molecule has 1 heterocycles. The largest absolute Gasteiger partial charge is 0.465 e. The summed E-state index contributed by atoms with van der Waals surface area (Å²) in [5.41, 5.74) is 6.98. The Morgan fingerprint density at radius 3 is 3.05 bits per heavy atom. The summed E-state index contributed by atoms with van der Waals surface area (Å²) in [7, 11) is 0. The van der Waals surface area contributed by atoms with Gasteiger partial charge in [-0.05, 0) is 19.1 Å². The number of carbonyl (C=O) groups is 1. The van der Waals surface area contributed by atoms with Crippen LogP contribution in [0.5, 0.6) is 0 Å². The summed E-state index contributed by atoms with van der Waals surface area (Å²) in [6, 6.07) is 3.15. The molecule has 19 heavy (non-hydrogen) atoms. The topological polar surface area (TPSA) is 110 Å². The van der Waals surface area contributed by atoms with Crippen LogP contribution in [0.15, 0.2) is 23.3 Å². The molecular formula is C12H14N4O3. The van der Waals surface area contributed by atoms with Crippen molar-refractivity contribution in [2.45, 2.75) is 6.92 Å². The number of esters is 1. The summed E-state index contributed by atoms with van der Waals surface area (Å²) in [6.45, 7) is 2.07. The Balaban J connectivity index is 2.27. The second kappa shape index (κ2) is 5.38. The first-order chi connectivity index (χ1) is 9.11. The molecule has 2 rings (SSSR count). The summed E-state index contributed by atoms with van der Waals surface area (Å²) in [4.78, 5) is 29.3. The molecule has 0 aliphatic heterocycles. The van der Waals surface area contributed by atoms with E-state index in [1.54, 1.807) is 13.0 Å². The van der Waals surface area contributed by atoms with Gasteiger partial charge in [0, 0.05) is 0 Å². The summed E-state index contributed by atoms with van der Waals surface area (Å²) in [5.74, 6) is -0.374. The minimum atomic E-state index is -0.374. The molecule has 0 bridgehead atoms. The van der Waals surface area contributed by atoms with Crippen molar-refractivity contribution in [1.82, 2.24) is 9.97 Å². The Morgan fingerprint density at radius 2 is 2.32 bits per heavy atom. The molecule has 7 heteroatoms. The van der Waals surface area contributed by atoms with Gasteiger partial charge in [-0.3, -0.25) is 9.59 Å². The predicted molar refractivity (Wildman–Crippen MR) is 71.9 cm³/mol. The molecule has 7 nitrogen and oxygen atoms in total. The average Bonchev–Trinajstić information content (AvgIpc) is 2.38. The molecule has 0 atom stereocenters. The number of benzene rings is 1. The smallest absolute Gasteiger partial charge is 0.325 e. The standard InChI is InChI=1S/C12H14N4O3/c1-2-19-11(17)5-14-10-4-9-7(3-8(10)13)12(18)16-6-15-9/h3-4,6,14H,2,5,13H2,1H3,(H,15,16,18). The monoisotopic (exact) mass is 262 g/mol. The minimum Gasteiger partial charge on any atom is -0.465 e. The van der Waals surface area contributed by atoms with E-state index in [0.717, 1.165) is 0 Å². The molecule has 0 radical (unpaired) electrons. The van der Waals surface area contributed by atoms with Crippen LogP contribution in [-0.4, -0.2) is 29.1 Å². The normalized spacial score (nSPS) is 10.4. The fourth-order valence-corrected chi connectivity index (χ4v) is 1.66. The lowest BCUT2D eigenvalue weighted by Gasteiger charge is -2.09. The van der Waals surface area contributed by atoms with E-state index in [9.17, 15) is 9.59 Å². The molecule has 0 aliphatic carbocycles. The van der Waals surface area contributed by atoms with Crippen molar-refractivity contribution in [3.05, 3.63) is 28.8 Å². The van der Waals surface area contributed by atoms with Gasteiger partial charge < -0.3 is 20.8 Å². The van der Waals surface area contributed by atoms with E-state index in [0.29, 0.717) is 28.9 Å². The number of carbonyl (C=O) groups excluding carboxylic acids is 1. The van der Waals surface area contributed by atoms with Crippen molar-refractivity contribution in [3.63, 3.8) is 0 Å². The molecule has 0 fully saturated rings. The van der Waals surface area contributed by atoms with E-state index in [2.05, 4.69) is 15.3 Å². The molecule has 4 N–H and O–H groups in total. The molecule has 0 saturated carbocycles. The Labute approximate surface area is 108 Å². The van der Waals surface area contributed by atoms with E-state index >= 15 is 0 Å². The number of H-pyrrole nitrogens is 1. The van der Waals surface area contributed by atoms with E-state index in [-0.39, 0.29) is 18.1 Å². The van der Waals surface area contributed by atoms with Crippen LogP contribution in [0.1, 0.15) is 6.92 Å². The van der Waals surface area contributed by atoms with Crippen molar-refractivity contribution >= 4 is 28.2 Å². The number of hydrogen-bond donors (Lipinski definition) is 3. The first-order valence-corrected chi connectivity index (χ1v) is 5.78. The van der Waals surface area contributed by atoms with E-state index in [1.807, 2.05) is 0 Å². The van der Waals surface area contributed by atoms with Gasteiger partial charge in [-0.25, -0.2) is 4.98 Å². The average molecular weight is 262 g/mol. The van der Waals surface area contributed by atoms with Crippen molar-refractivity contribution < 1.29 is 9.53 Å². The molecule has 0 aliphatic rings. The van der Waals surface area contributed by atoms with Crippen molar-refractivity contribution in [3.8, 4) is 0 Å². The van der Waals surface area contributed by atoms with Gasteiger partial charge in [0.15, 0.2) is 0 Å². The third-order valence-corrected chi connectivity index (χ3v) is 2.54. The van der Waals surface area contributed by atoms with Gasteiger partial charge in [0.2, 0.25) is 0 Å². The lowest BCUT2D eigenvalue weighted by atomic mass is 10.2. The maximum absolute atomic E-state index is 11.5. The molecule has 100 valence electrons. The lowest BCUT2D eigenvalue weighted by Crippen LogP contribution is -2.17. The van der Waals surface area contributed by atoms with Crippen LogP contribution in [0.2, 0.25) is 0 Å². The van der Waals surface area contributed by atoms with Crippen LogP contribution in [0.3, 0.4) is 0 Å². The molecule has 0 saturated heterocycles. The van der Waals surface area contributed by atoms with Crippen LogP contribution in [-0.2, 0) is 9.53 Å². The number of aromatic amines is 1. The Morgan fingerprint density at radius 1 is 1.53 bits per heavy atom. The number of hydrogen-bond acceptors (Lipinski definition) is 6. The number of nitrogens with zero attached hydrogens (tertiary/aromatic N) is 1. The lowest BCUT2D eigenvalue weighted by molar-refractivity contribution is -0.140. The zero-order valence-corrected chi connectivity index (χ0v) is 10.4. The minimum absolute atomic E-state index is 0.00668. The number of aromatic nitrogens is 2. The fraction of sp³-hybridized carbons (Fsp3) is 0.250. The number of rotatable bonds is 4. The van der Waals surface area contributed by atoms with Gasteiger partial charge in [0.05, 0.1) is 35.2 Å². The summed E-state index contributed by atoms with van der Waals surface area (Å²) >= 11 is 0. The maximum atomic E-state index is 11.5. The highest BCUT2D eigenvalue weighted by molar-refractivity contribution is 5.89. The van der Waals surface area contributed by atoms with Gasteiger partial charge in [-0.1, -0.05) is 0 Å².